The van der Waals surface area contributed by atoms with Crippen molar-refractivity contribution in [3.05, 3.63) is 60.2 Å². The highest BCUT2D eigenvalue weighted by Crippen LogP contribution is 2.36. The molecule has 100 valence electrons. The van der Waals surface area contributed by atoms with Gasteiger partial charge in [-0.05, 0) is 12.1 Å². The fourth-order valence-electron chi connectivity index (χ4n) is 1.92. The van der Waals surface area contributed by atoms with Gasteiger partial charge >= 0.3 is 0 Å². The second-order valence-corrected chi connectivity index (χ2v) is 5.23. The van der Waals surface area contributed by atoms with Crippen molar-refractivity contribution in [2.24, 2.45) is 0 Å². The number of nitrogens with zero attached hydrogens (tertiary/aromatic N) is 1. The molecule has 0 fully saturated rings. The van der Waals surface area contributed by atoms with Crippen LogP contribution in [0.3, 0.4) is 0 Å². The molecule has 0 saturated carbocycles. The molecular weight excluding hydrogens is 278 g/mol. The van der Waals surface area contributed by atoms with Crippen molar-refractivity contribution in [1.29, 1.82) is 0 Å². The van der Waals surface area contributed by atoms with Crippen LogP contribution >= 0.6 is 11.3 Å². The molecular formula is C15H10F2N2S. The smallest absolute Gasteiger partial charge is 0.168 e. The molecule has 0 amide bonds. The van der Waals surface area contributed by atoms with E-state index in [1.54, 1.807) is 0 Å². The van der Waals surface area contributed by atoms with Crippen LogP contribution in [0.25, 0.3) is 21.8 Å². The number of rotatable bonds is 2. The number of hydrogen-bond donors (Lipinski definition) is 1. The van der Waals surface area contributed by atoms with E-state index in [4.69, 9.17) is 5.73 Å². The molecule has 1 aromatic heterocycles. The summed E-state index contributed by atoms with van der Waals surface area (Å²) < 4.78 is 27.1. The van der Waals surface area contributed by atoms with E-state index in [-0.39, 0.29) is 11.3 Å². The zero-order valence-electron chi connectivity index (χ0n) is 10.3. The Morgan fingerprint density at radius 1 is 0.950 bits per heavy atom. The molecule has 0 atom stereocenters. The summed E-state index contributed by atoms with van der Waals surface area (Å²) in [4.78, 5) is 4.34. The van der Waals surface area contributed by atoms with Gasteiger partial charge in [0.1, 0.15) is 15.7 Å². The summed E-state index contributed by atoms with van der Waals surface area (Å²) >= 11 is 1.25. The third kappa shape index (κ3) is 2.16. The number of hydrogen-bond acceptors (Lipinski definition) is 3. The normalized spacial score (nSPS) is 10.7. The quantitative estimate of drug-likeness (QED) is 0.762. The molecule has 0 aliphatic carbocycles. The lowest BCUT2D eigenvalue weighted by atomic mass is 10.1. The third-order valence-corrected chi connectivity index (χ3v) is 3.81. The fourth-order valence-corrected chi connectivity index (χ4v) is 2.77. The van der Waals surface area contributed by atoms with Crippen LogP contribution in [-0.4, -0.2) is 4.98 Å². The van der Waals surface area contributed by atoms with E-state index in [1.807, 2.05) is 30.3 Å². The lowest BCUT2D eigenvalue weighted by Crippen LogP contribution is -1.92. The van der Waals surface area contributed by atoms with Gasteiger partial charge in [-0.15, -0.1) is 0 Å². The first kappa shape index (κ1) is 12.7. The van der Waals surface area contributed by atoms with E-state index in [9.17, 15) is 8.78 Å². The van der Waals surface area contributed by atoms with Crippen LogP contribution in [0.15, 0.2) is 48.5 Å². The van der Waals surface area contributed by atoms with E-state index in [0.717, 1.165) is 11.6 Å². The summed E-state index contributed by atoms with van der Waals surface area (Å²) in [6.45, 7) is 0. The maximum Gasteiger partial charge on any atom is 0.168 e. The summed E-state index contributed by atoms with van der Waals surface area (Å²) in [6, 6.07) is 13.4. The lowest BCUT2D eigenvalue weighted by Gasteiger charge is -2.01. The number of nitrogens with two attached hydrogens (primary N) is 1. The molecule has 2 aromatic carbocycles. The van der Waals surface area contributed by atoms with Gasteiger partial charge in [-0.2, -0.15) is 0 Å². The van der Waals surface area contributed by atoms with Gasteiger partial charge in [0.25, 0.3) is 0 Å². The van der Waals surface area contributed by atoms with Crippen molar-refractivity contribution < 1.29 is 8.78 Å². The molecule has 0 spiro atoms. The average Bonchev–Trinajstić information content (AvgIpc) is 2.85. The Balaban J connectivity index is 2.12. The minimum absolute atomic E-state index is 0.0842. The summed E-state index contributed by atoms with van der Waals surface area (Å²) in [5.74, 6) is -1.83. The highest BCUT2D eigenvalue weighted by Gasteiger charge is 2.17. The molecule has 3 rings (SSSR count). The third-order valence-electron chi connectivity index (χ3n) is 2.88. The van der Waals surface area contributed by atoms with Gasteiger partial charge in [0.15, 0.2) is 11.6 Å². The van der Waals surface area contributed by atoms with Gasteiger partial charge in [-0.1, -0.05) is 47.7 Å². The molecule has 0 aliphatic heterocycles. The van der Waals surface area contributed by atoms with Crippen molar-refractivity contribution in [3.63, 3.8) is 0 Å². The predicted octanol–water partition coefficient (Wildman–Crippen LogP) is 4.34. The van der Waals surface area contributed by atoms with Gasteiger partial charge in [0.05, 0.1) is 0 Å². The molecule has 0 radical (unpaired) electrons. The fraction of sp³-hybridized carbons (Fsp3) is 0. The van der Waals surface area contributed by atoms with Crippen molar-refractivity contribution in [2.75, 3.05) is 5.73 Å². The number of halogens is 2. The number of thiazole rings is 1. The minimum atomic E-state index is -0.927. The standard InChI is InChI=1S/C15H10F2N2S/c16-11-8-4-7-10(12(11)17)13-14(18)20-15(19-13)9-5-2-1-3-6-9/h1-8H,18H2. The minimum Gasteiger partial charge on any atom is -0.389 e. The van der Waals surface area contributed by atoms with Gasteiger partial charge in [0, 0.05) is 11.1 Å². The zero-order chi connectivity index (χ0) is 14.1. The Morgan fingerprint density at radius 3 is 2.45 bits per heavy atom. The SMILES string of the molecule is Nc1sc(-c2ccccc2)nc1-c1cccc(F)c1F. The van der Waals surface area contributed by atoms with Gasteiger partial charge in [0.2, 0.25) is 0 Å². The second kappa shape index (κ2) is 5.02. The molecule has 0 saturated heterocycles. The van der Waals surface area contributed by atoms with E-state index >= 15 is 0 Å². The molecule has 0 bridgehead atoms. The molecule has 20 heavy (non-hydrogen) atoms. The lowest BCUT2D eigenvalue weighted by molar-refractivity contribution is 0.511. The van der Waals surface area contributed by atoms with Crippen LogP contribution in [0.4, 0.5) is 13.8 Å². The summed E-state index contributed by atoms with van der Waals surface area (Å²) in [5, 5.41) is 1.05. The Hall–Kier alpha value is -2.27. The maximum absolute atomic E-state index is 13.8. The number of anilines is 1. The Bertz CT molecular complexity index is 754. The van der Waals surface area contributed by atoms with Crippen molar-refractivity contribution in [1.82, 2.24) is 4.98 Å². The molecule has 5 heteroatoms. The van der Waals surface area contributed by atoms with Crippen LogP contribution in [0.5, 0.6) is 0 Å². The number of nitrogen functional groups attached to an aromatic ring is 1. The zero-order valence-corrected chi connectivity index (χ0v) is 11.1. The maximum atomic E-state index is 13.8. The largest absolute Gasteiger partial charge is 0.389 e. The van der Waals surface area contributed by atoms with Crippen molar-refractivity contribution >= 4 is 16.3 Å². The summed E-state index contributed by atoms with van der Waals surface area (Å²) in [6.07, 6.45) is 0. The van der Waals surface area contributed by atoms with Crippen LogP contribution in [-0.2, 0) is 0 Å². The Labute approximate surface area is 118 Å². The number of benzene rings is 2. The summed E-state index contributed by atoms with van der Waals surface area (Å²) in [7, 11) is 0. The number of aromatic nitrogens is 1. The van der Waals surface area contributed by atoms with E-state index in [1.165, 1.54) is 23.5 Å². The topological polar surface area (TPSA) is 38.9 Å². The molecule has 2 N–H and O–H groups in total. The molecule has 3 aromatic rings. The molecule has 1 heterocycles. The van der Waals surface area contributed by atoms with Crippen molar-refractivity contribution in [3.8, 4) is 21.8 Å². The van der Waals surface area contributed by atoms with Gasteiger partial charge < -0.3 is 5.73 Å². The second-order valence-electron chi connectivity index (χ2n) is 4.20. The van der Waals surface area contributed by atoms with Crippen LogP contribution in [0, 0.1) is 11.6 Å². The first-order valence-corrected chi connectivity index (χ1v) is 6.74. The van der Waals surface area contributed by atoms with E-state index < -0.39 is 11.6 Å². The van der Waals surface area contributed by atoms with Crippen LogP contribution in [0.1, 0.15) is 0 Å². The molecule has 2 nitrogen and oxygen atoms in total. The Morgan fingerprint density at radius 2 is 1.70 bits per heavy atom. The van der Waals surface area contributed by atoms with Crippen LogP contribution < -0.4 is 5.73 Å². The molecule has 0 unspecified atom stereocenters. The van der Waals surface area contributed by atoms with E-state index in [0.29, 0.717) is 10.0 Å². The summed E-state index contributed by atoms with van der Waals surface area (Å²) in [5.41, 5.74) is 7.16. The van der Waals surface area contributed by atoms with E-state index in [2.05, 4.69) is 4.98 Å². The first-order valence-electron chi connectivity index (χ1n) is 5.93. The average molecular weight is 288 g/mol. The van der Waals surface area contributed by atoms with Crippen molar-refractivity contribution in [2.45, 2.75) is 0 Å². The van der Waals surface area contributed by atoms with Gasteiger partial charge in [-0.25, -0.2) is 13.8 Å². The first-order chi connectivity index (χ1) is 9.66. The highest BCUT2D eigenvalue weighted by atomic mass is 32.1. The van der Waals surface area contributed by atoms with Gasteiger partial charge in [-0.3, -0.25) is 0 Å². The van der Waals surface area contributed by atoms with Crippen LogP contribution in [0.2, 0.25) is 0 Å². The molecule has 0 aliphatic rings. The Kier molecular flexibility index (Phi) is 3.20. The predicted molar refractivity (Wildman–Crippen MR) is 77.3 cm³/mol. The monoisotopic (exact) mass is 288 g/mol. The highest BCUT2D eigenvalue weighted by molar-refractivity contribution is 7.19.